The lowest BCUT2D eigenvalue weighted by Gasteiger charge is -2.00. The van der Waals surface area contributed by atoms with Crippen LogP contribution in [0.4, 0.5) is 10.1 Å². The maximum absolute atomic E-state index is 13.9. The van der Waals surface area contributed by atoms with Gasteiger partial charge in [-0.2, -0.15) is 5.10 Å². The van der Waals surface area contributed by atoms with Crippen LogP contribution in [-0.2, 0) is 0 Å². The third-order valence-corrected chi connectivity index (χ3v) is 2.88. The van der Waals surface area contributed by atoms with E-state index in [4.69, 9.17) is 5.73 Å². The Hall–Kier alpha value is -2.30. The highest BCUT2D eigenvalue weighted by atomic mass is 19.1. The van der Waals surface area contributed by atoms with Crippen LogP contribution < -0.4 is 5.73 Å². The van der Waals surface area contributed by atoms with E-state index >= 15 is 0 Å². The highest BCUT2D eigenvalue weighted by molar-refractivity contribution is 5.99. The average molecular weight is 230 g/mol. The number of aromatic amines is 2. The van der Waals surface area contributed by atoms with Crippen molar-refractivity contribution in [3.63, 3.8) is 0 Å². The molecule has 5 heteroatoms. The molecule has 0 spiro atoms. The number of hydrogen-bond donors (Lipinski definition) is 3. The van der Waals surface area contributed by atoms with Gasteiger partial charge in [-0.05, 0) is 19.1 Å². The van der Waals surface area contributed by atoms with Gasteiger partial charge in [-0.25, -0.2) is 4.39 Å². The van der Waals surface area contributed by atoms with Crippen LogP contribution in [0.15, 0.2) is 24.4 Å². The third-order valence-electron chi connectivity index (χ3n) is 2.88. The number of nitrogens with zero attached hydrogens (tertiary/aromatic N) is 1. The molecule has 0 atom stereocenters. The van der Waals surface area contributed by atoms with Crippen LogP contribution in [0.5, 0.6) is 0 Å². The van der Waals surface area contributed by atoms with E-state index in [1.54, 1.807) is 6.07 Å². The Morgan fingerprint density at radius 3 is 2.88 bits per heavy atom. The number of nitrogens with two attached hydrogens (primary N) is 1. The highest BCUT2D eigenvalue weighted by Crippen LogP contribution is 2.35. The molecular weight excluding hydrogens is 219 g/mol. The van der Waals surface area contributed by atoms with Gasteiger partial charge in [0.2, 0.25) is 0 Å². The maximum atomic E-state index is 13.9. The molecule has 1 aromatic carbocycles. The van der Waals surface area contributed by atoms with Gasteiger partial charge in [-0.15, -0.1) is 0 Å². The van der Waals surface area contributed by atoms with Gasteiger partial charge >= 0.3 is 0 Å². The summed E-state index contributed by atoms with van der Waals surface area (Å²) in [5.41, 5.74) is 9.34. The molecule has 0 bridgehead atoms. The fourth-order valence-corrected chi connectivity index (χ4v) is 2.14. The van der Waals surface area contributed by atoms with Gasteiger partial charge in [0, 0.05) is 22.2 Å². The Bertz CT molecular complexity index is 696. The maximum Gasteiger partial charge on any atom is 0.133 e. The first-order valence-electron chi connectivity index (χ1n) is 5.24. The summed E-state index contributed by atoms with van der Waals surface area (Å²) < 4.78 is 13.9. The molecule has 2 heterocycles. The Labute approximate surface area is 96.6 Å². The Morgan fingerprint density at radius 2 is 2.18 bits per heavy atom. The van der Waals surface area contributed by atoms with E-state index in [-0.39, 0.29) is 5.82 Å². The van der Waals surface area contributed by atoms with E-state index in [9.17, 15) is 4.39 Å². The monoisotopic (exact) mass is 230 g/mol. The van der Waals surface area contributed by atoms with E-state index in [1.165, 1.54) is 12.3 Å². The van der Waals surface area contributed by atoms with Crippen LogP contribution >= 0.6 is 0 Å². The smallest absolute Gasteiger partial charge is 0.133 e. The number of rotatable bonds is 1. The summed E-state index contributed by atoms with van der Waals surface area (Å²) in [4.78, 5) is 3.14. The summed E-state index contributed by atoms with van der Waals surface area (Å²) >= 11 is 0. The highest BCUT2D eigenvalue weighted by Gasteiger charge is 2.17. The molecule has 17 heavy (non-hydrogen) atoms. The normalized spacial score (nSPS) is 11.2. The fourth-order valence-electron chi connectivity index (χ4n) is 2.14. The SMILES string of the molecule is Cc1[nH]c2cccc(F)c2c1-c1[nH]ncc1N. The molecule has 0 aliphatic rings. The Morgan fingerprint density at radius 1 is 1.35 bits per heavy atom. The third kappa shape index (κ3) is 1.32. The van der Waals surface area contributed by atoms with Gasteiger partial charge in [0.05, 0.1) is 17.6 Å². The molecule has 4 N–H and O–H groups in total. The summed E-state index contributed by atoms with van der Waals surface area (Å²) in [6.45, 7) is 1.88. The molecule has 2 aromatic heterocycles. The molecule has 0 radical (unpaired) electrons. The molecule has 0 saturated carbocycles. The lowest BCUT2D eigenvalue weighted by molar-refractivity contribution is 0.640. The quantitative estimate of drug-likeness (QED) is 0.601. The summed E-state index contributed by atoms with van der Waals surface area (Å²) in [6.07, 6.45) is 1.52. The minimum absolute atomic E-state index is 0.268. The number of halogens is 1. The zero-order valence-electron chi connectivity index (χ0n) is 9.21. The summed E-state index contributed by atoms with van der Waals surface area (Å²) in [5, 5.41) is 7.22. The number of benzene rings is 1. The predicted octanol–water partition coefficient (Wildman–Crippen LogP) is 2.59. The zero-order chi connectivity index (χ0) is 12.0. The topological polar surface area (TPSA) is 70.5 Å². The molecule has 4 nitrogen and oxygen atoms in total. The minimum atomic E-state index is -0.268. The number of fused-ring (bicyclic) bond motifs is 1. The van der Waals surface area contributed by atoms with Crippen molar-refractivity contribution < 1.29 is 4.39 Å². The number of aromatic nitrogens is 3. The molecule has 0 fully saturated rings. The predicted molar refractivity (Wildman–Crippen MR) is 65.0 cm³/mol. The van der Waals surface area contributed by atoms with Crippen LogP contribution in [0.2, 0.25) is 0 Å². The molecule has 0 saturated heterocycles. The molecular formula is C12H11FN4. The van der Waals surface area contributed by atoms with Crippen molar-refractivity contribution >= 4 is 16.6 Å². The number of aryl methyl sites for hydroxylation is 1. The minimum Gasteiger partial charge on any atom is -0.396 e. The number of nitrogens with one attached hydrogen (secondary N) is 2. The van der Waals surface area contributed by atoms with Crippen LogP contribution in [0.1, 0.15) is 5.69 Å². The lowest BCUT2D eigenvalue weighted by atomic mass is 10.1. The first kappa shape index (κ1) is 9.89. The molecule has 0 amide bonds. The number of nitrogen functional groups attached to an aromatic ring is 1. The second-order valence-corrected chi connectivity index (χ2v) is 3.99. The van der Waals surface area contributed by atoms with Gasteiger partial charge < -0.3 is 10.7 Å². The first-order chi connectivity index (χ1) is 8.18. The van der Waals surface area contributed by atoms with Crippen LogP contribution in [0.25, 0.3) is 22.2 Å². The van der Waals surface area contributed by atoms with Gasteiger partial charge in [0.1, 0.15) is 5.82 Å². The lowest BCUT2D eigenvalue weighted by Crippen LogP contribution is -1.88. The zero-order valence-corrected chi connectivity index (χ0v) is 9.21. The van der Waals surface area contributed by atoms with E-state index in [0.29, 0.717) is 16.8 Å². The second kappa shape index (κ2) is 3.35. The second-order valence-electron chi connectivity index (χ2n) is 3.99. The van der Waals surface area contributed by atoms with E-state index in [2.05, 4.69) is 15.2 Å². The van der Waals surface area contributed by atoms with E-state index in [1.807, 2.05) is 13.0 Å². The van der Waals surface area contributed by atoms with Gasteiger partial charge in [0.25, 0.3) is 0 Å². The number of H-pyrrole nitrogens is 2. The van der Waals surface area contributed by atoms with E-state index < -0.39 is 0 Å². The van der Waals surface area contributed by atoms with Crippen molar-refractivity contribution in [2.24, 2.45) is 0 Å². The van der Waals surface area contributed by atoms with Crippen LogP contribution in [0.3, 0.4) is 0 Å². The number of hydrogen-bond acceptors (Lipinski definition) is 2. The standard InChI is InChI=1S/C12H11FN4/c1-6-10(12-8(14)5-15-17-12)11-7(13)3-2-4-9(11)16-6/h2-5,16H,14H2,1H3,(H,15,17). The van der Waals surface area contributed by atoms with Gasteiger partial charge in [-0.1, -0.05) is 6.07 Å². The van der Waals surface area contributed by atoms with Gasteiger partial charge in [0.15, 0.2) is 0 Å². The fraction of sp³-hybridized carbons (Fsp3) is 0.0833. The molecule has 3 rings (SSSR count). The van der Waals surface area contributed by atoms with Crippen molar-refractivity contribution in [1.82, 2.24) is 15.2 Å². The van der Waals surface area contributed by atoms with Gasteiger partial charge in [-0.3, -0.25) is 5.10 Å². The number of anilines is 1. The summed E-state index contributed by atoms with van der Waals surface area (Å²) in [6, 6.07) is 4.95. The first-order valence-corrected chi connectivity index (χ1v) is 5.24. The van der Waals surface area contributed by atoms with Crippen LogP contribution in [-0.4, -0.2) is 15.2 Å². The molecule has 0 unspecified atom stereocenters. The van der Waals surface area contributed by atoms with Crippen molar-refractivity contribution in [1.29, 1.82) is 0 Å². The summed E-state index contributed by atoms with van der Waals surface area (Å²) in [5.74, 6) is -0.268. The largest absolute Gasteiger partial charge is 0.396 e. The Kier molecular flexibility index (Phi) is 1.95. The van der Waals surface area contributed by atoms with Crippen molar-refractivity contribution in [2.45, 2.75) is 6.92 Å². The molecule has 0 aliphatic carbocycles. The van der Waals surface area contributed by atoms with Crippen molar-refractivity contribution in [3.8, 4) is 11.3 Å². The molecule has 0 aliphatic heterocycles. The Balaban J connectivity index is 2.44. The van der Waals surface area contributed by atoms with E-state index in [0.717, 1.165) is 16.8 Å². The van der Waals surface area contributed by atoms with Crippen molar-refractivity contribution in [2.75, 3.05) is 5.73 Å². The van der Waals surface area contributed by atoms with Crippen molar-refractivity contribution in [3.05, 3.63) is 35.9 Å². The molecule has 86 valence electrons. The average Bonchev–Trinajstić information content (AvgIpc) is 2.82. The summed E-state index contributed by atoms with van der Waals surface area (Å²) in [7, 11) is 0. The van der Waals surface area contributed by atoms with Crippen LogP contribution in [0, 0.1) is 12.7 Å². The molecule has 3 aromatic rings.